The zero-order chi connectivity index (χ0) is 8.85. The molecule has 0 spiro atoms. The zero-order valence-electron chi connectivity index (χ0n) is 6.89. The van der Waals surface area contributed by atoms with Gasteiger partial charge in [0.25, 0.3) is 0 Å². The molecule has 1 atom stereocenters. The minimum Gasteiger partial charge on any atom is -0.461 e. The lowest BCUT2D eigenvalue weighted by molar-refractivity contribution is -0.138. The van der Waals surface area contributed by atoms with Gasteiger partial charge >= 0.3 is 5.97 Å². The lowest BCUT2D eigenvalue weighted by atomic mass is 10.3. The van der Waals surface area contributed by atoms with Gasteiger partial charge in [-0.05, 0) is 13.3 Å². The molecule has 0 fully saturated rings. The van der Waals surface area contributed by atoms with Gasteiger partial charge in [0.2, 0.25) is 0 Å². The normalized spacial score (nSPS) is 12.3. The number of hydrogen-bond acceptors (Lipinski definition) is 2. The van der Waals surface area contributed by atoms with E-state index >= 15 is 0 Å². The third-order valence-corrected chi connectivity index (χ3v) is 2.10. The Balaban J connectivity index is 3.54. The largest absolute Gasteiger partial charge is 0.461 e. The minimum atomic E-state index is -0.317. The highest BCUT2D eigenvalue weighted by atomic mass is 79.9. The average Bonchev–Trinajstić information content (AvgIpc) is 1.99. The summed E-state index contributed by atoms with van der Waals surface area (Å²) >= 11 is 3.35. The molecule has 0 saturated carbocycles. The molecule has 0 aromatic carbocycles. The lowest BCUT2D eigenvalue weighted by Crippen LogP contribution is -2.13. The number of esters is 1. The molecular weight excluding hydrogens is 208 g/mol. The summed E-state index contributed by atoms with van der Waals surface area (Å²) in [5, 5.41) is 0. The van der Waals surface area contributed by atoms with Crippen molar-refractivity contribution in [3.8, 4) is 0 Å². The van der Waals surface area contributed by atoms with Crippen LogP contribution in [0.15, 0.2) is 12.2 Å². The molecule has 0 heterocycles. The fourth-order valence-electron chi connectivity index (χ4n) is 0.407. The quantitative estimate of drug-likeness (QED) is 0.413. The second kappa shape index (κ2) is 5.35. The van der Waals surface area contributed by atoms with E-state index in [1.807, 2.05) is 6.92 Å². The van der Waals surface area contributed by atoms with Crippen LogP contribution >= 0.6 is 15.9 Å². The number of carbonyl (C=O) groups is 1. The molecule has 0 rings (SSSR count). The molecule has 0 aliphatic heterocycles. The van der Waals surface area contributed by atoms with Crippen LogP contribution in [0.4, 0.5) is 0 Å². The van der Waals surface area contributed by atoms with Crippen molar-refractivity contribution in [2.24, 2.45) is 0 Å². The third-order valence-electron chi connectivity index (χ3n) is 1.19. The van der Waals surface area contributed by atoms with E-state index in [9.17, 15) is 4.79 Å². The summed E-state index contributed by atoms with van der Waals surface area (Å²) in [6.45, 7) is 7.55. The van der Waals surface area contributed by atoms with Crippen LogP contribution in [0.2, 0.25) is 0 Å². The molecule has 0 aromatic rings. The Morgan fingerprint density at radius 1 is 1.73 bits per heavy atom. The van der Waals surface area contributed by atoms with Crippen LogP contribution in [0.1, 0.15) is 20.3 Å². The van der Waals surface area contributed by atoms with E-state index in [4.69, 9.17) is 4.74 Å². The molecule has 3 heteroatoms. The molecule has 11 heavy (non-hydrogen) atoms. The fourth-order valence-corrected chi connectivity index (χ4v) is 0.539. The summed E-state index contributed by atoms with van der Waals surface area (Å²) < 4.78 is 4.87. The van der Waals surface area contributed by atoms with Crippen LogP contribution < -0.4 is 0 Å². The highest BCUT2D eigenvalue weighted by molar-refractivity contribution is 9.09. The Kier molecular flexibility index (Phi) is 5.20. The number of halogens is 1. The maximum atomic E-state index is 10.8. The second-order valence-electron chi connectivity index (χ2n) is 2.38. The molecule has 0 bridgehead atoms. The highest BCUT2D eigenvalue weighted by Gasteiger charge is 2.06. The topological polar surface area (TPSA) is 26.3 Å². The Morgan fingerprint density at radius 3 is 2.64 bits per heavy atom. The number of hydrogen-bond donors (Lipinski definition) is 0. The van der Waals surface area contributed by atoms with E-state index < -0.39 is 0 Å². The summed E-state index contributed by atoms with van der Waals surface area (Å²) in [7, 11) is 0. The summed E-state index contributed by atoms with van der Waals surface area (Å²) in [4.78, 5) is 11.1. The predicted octanol–water partition coefficient (Wildman–Crippen LogP) is 2.28. The molecule has 0 amide bonds. The second-order valence-corrected chi connectivity index (χ2v) is 3.68. The van der Waals surface area contributed by atoms with Crippen molar-refractivity contribution >= 4 is 21.9 Å². The first-order chi connectivity index (χ1) is 5.07. The first kappa shape index (κ1) is 10.7. The molecule has 64 valence electrons. The highest BCUT2D eigenvalue weighted by Crippen LogP contribution is 2.05. The van der Waals surface area contributed by atoms with Gasteiger partial charge in [-0.2, -0.15) is 0 Å². The number of rotatable bonds is 4. The van der Waals surface area contributed by atoms with E-state index in [1.165, 1.54) is 0 Å². The molecule has 0 aromatic heterocycles. The smallest absolute Gasteiger partial charge is 0.333 e. The van der Waals surface area contributed by atoms with Crippen molar-refractivity contribution in [2.45, 2.75) is 25.1 Å². The summed E-state index contributed by atoms with van der Waals surface area (Å²) in [6, 6.07) is 0. The summed E-state index contributed by atoms with van der Waals surface area (Å²) in [5.74, 6) is -0.317. The van der Waals surface area contributed by atoms with Crippen molar-refractivity contribution in [3.05, 3.63) is 12.2 Å². The minimum absolute atomic E-state index is 0.255. The zero-order valence-corrected chi connectivity index (χ0v) is 8.48. The molecule has 1 unspecified atom stereocenters. The monoisotopic (exact) mass is 220 g/mol. The molecule has 0 aliphatic carbocycles. The van der Waals surface area contributed by atoms with Crippen molar-refractivity contribution in [1.29, 1.82) is 0 Å². The van der Waals surface area contributed by atoms with Crippen molar-refractivity contribution in [2.75, 3.05) is 6.61 Å². The van der Waals surface area contributed by atoms with Crippen LogP contribution in [0.5, 0.6) is 0 Å². The van der Waals surface area contributed by atoms with Crippen LogP contribution in [0, 0.1) is 0 Å². The number of alkyl halides is 1. The SMILES string of the molecule is C=C(C)C(=O)OCC(Br)CC. The van der Waals surface area contributed by atoms with Crippen LogP contribution in [0.25, 0.3) is 0 Å². The molecule has 0 N–H and O–H groups in total. The van der Waals surface area contributed by atoms with Gasteiger partial charge in [-0.25, -0.2) is 4.79 Å². The Morgan fingerprint density at radius 2 is 2.27 bits per heavy atom. The molecule has 0 radical (unpaired) electrons. The van der Waals surface area contributed by atoms with Crippen molar-refractivity contribution in [1.82, 2.24) is 0 Å². The van der Waals surface area contributed by atoms with Gasteiger partial charge in [0.1, 0.15) is 6.61 Å². The van der Waals surface area contributed by atoms with E-state index in [1.54, 1.807) is 6.92 Å². The van der Waals surface area contributed by atoms with Crippen LogP contribution in [-0.2, 0) is 9.53 Å². The standard InChI is InChI=1S/C8H13BrO2/c1-4-7(9)5-11-8(10)6(2)3/h7H,2,4-5H2,1,3H3. The van der Waals surface area contributed by atoms with E-state index in [2.05, 4.69) is 22.5 Å². The van der Waals surface area contributed by atoms with Gasteiger partial charge in [-0.15, -0.1) is 0 Å². The van der Waals surface area contributed by atoms with Crippen molar-refractivity contribution < 1.29 is 9.53 Å². The van der Waals surface area contributed by atoms with E-state index in [0.29, 0.717) is 12.2 Å². The first-order valence-electron chi connectivity index (χ1n) is 3.54. The van der Waals surface area contributed by atoms with Gasteiger partial charge in [0.15, 0.2) is 0 Å². The summed E-state index contributed by atoms with van der Waals surface area (Å²) in [5.41, 5.74) is 0.445. The molecule has 0 aliphatic rings. The Hall–Kier alpha value is -0.310. The maximum Gasteiger partial charge on any atom is 0.333 e. The molecule has 2 nitrogen and oxygen atoms in total. The fraction of sp³-hybridized carbons (Fsp3) is 0.625. The molecule has 0 saturated heterocycles. The van der Waals surface area contributed by atoms with Crippen LogP contribution in [-0.4, -0.2) is 17.4 Å². The number of ether oxygens (including phenoxy) is 1. The number of carbonyl (C=O) groups excluding carboxylic acids is 1. The van der Waals surface area contributed by atoms with Gasteiger partial charge in [-0.3, -0.25) is 0 Å². The molecular formula is C8H13BrO2. The van der Waals surface area contributed by atoms with E-state index in [-0.39, 0.29) is 10.8 Å². The predicted molar refractivity (Wildman–Crippen MR) is 48.8 cm³/mol. The maximum absolute atomic E-state index is 10.8. The van der Waals surface area contributed by atoms with Gasteiger partial charge in [0, 0.05) is 10.4 Å². The first-order valence-corrected chi connectivity index (χ1v) is 4.46. The van der Waals surface area contributed by atoms with Gasteiger partial charge in [-0.1, -0.05) is 29.4 Å². The van der Waals surface area contributed by atoms with Gasteiger partial charge in [0.05, 0.1) is 0 Å². The van der Waals surface area contributed by atoms with Crippen molar-refractivity contribution in [3.63, 3.8) is 0 Å². The van der Waals surface area contributed by atoms with Crippen LogP contribution in [0.3, 0.4) is 0 Å². The van der Waals surface area contributed by atoms with Gasteiger partial charge < -0.3 is 4.74 Å². The Labute approximate surface area is 75.7 Å². The van der Waals surface area contributed by atoms with E-state index in [0.717, 1.165) is 6.42 Å². The third kappa shape index (κ3) is 5.01. The Bertz CT molecular complexity index is 154. The summed E-state index contributed by atoms with van der Waals surface area (Å²) in [6.07, 6.45) is 0.948. The average molecular weight is 221 g/mol. The lowest BCUT2D eigenvalue weighted by Gasteiger charge is -2.07.